The number of nitrogens with one attached hydrogen (secondary N) is 1. The first-order chi connectivity index (χ1) is 16.0. The molecule has 1 saturated heterocycles. The van der Waals surface area contributed by atoms with E-state index in [4.69, 9.17) is 0 Å². The Morgan fingerprint density at radius 2 is 1.88 bits per heavy atom. The lowest BCUT2D eigenvalue weighted by atomic mass is 9.87. The van der Waals surface area contributed by atoms with E-state index in [0.717, 1.165) is 34.7 Å². The topological polar surface area (TPSA) is 69.7 Å². The summed E-state index contributed by atoms with van der Waals surface area (Å²) < 4.78 is 16.0. The molecule has 0 saturated carbocycles. The molecular weight excluding hydrogens is 501 g/mol. The van der Waals surface area contributed by atoms with E-state index in [1.165, 1.54) is 12.1 Å². The predicted molar refractivity (Wildman–Crippen MR) is 135 cm³/mol. The summed E-state index contributed by atoms with van der Waals surface area (Å²) in [5.41, 5.74) is 2.39. The summed E-state index contributed by atoms with van der Waals surface area (Å²) in [5.74, 6) is -2.23. The number of hydrogen-bond acceptors (Lipinski definition) is 4. The number of fused-ring (bicyclic) bond motifs is 1. The summed E-state index contributed by atoms with van der Waals surface area (Å²) in [6.07, 6.45) is 4.24. The second kappa shape index (κ2) is 8.83. The van der Waals surface area contributed by atoms with Gasteiger partial charge in [-0.05, 0) is 69.2 Å². The second-order valence-corrected chi connectivity index (χ2v) is 9.88. The predicted octanol–water partition coefficient (Wildman–Crippen LogP) is 5.67. The fourth-order valence-corrected chi connectivity index (χ4v) is 4.91. The SMILES string of the molecule is CCCN1c2cc(F)c(/C=C3/C(=O)NC(=O)N(c4cccc(Br)c4)C3=O)cc2C(C)=CC1(C)C. The molecule has 0 spiro atoms. The zero-order valence-corrected chi connectivity index (χ0v) is 21.0. The first-order valence-electron chi connectivity index (χ1n) is 11.0. The minimum Gasteiger partial charge on any atom is -0.362 e. The zero-order valence-electron chi connectivity index (χ0n) is 19.4. The van der Waals surface area contributed by atoms with Crippen molar-refractivity contribution < 1.29 is 18.8 Å². The highest BCUT2D eigenvalue weighted by molar-refractivity contribution is 9.10. The summed E-state index contributed by atoms with van der Waals surface area (Å²) >= 11 is 3.31. The molecule has 176 valence electrons. The molecule has 1 fully saturated rings. The van der Waals surface area contributed by atoms with Crippen molar-refractivity contribution in [1.82, 2.24) is 5.32 Å². The maximum Gasteiger partial charge on any atom is 0.335 e. The highest BCUT2D eigenvalue weighted by Crippen LogP contribution is 2.40. The van der Waals surface area contributed by atoms with Gasteiger partial charge in [0.1, 0.15) is 11.4 Å². The maximum atomic E-state index is 15.3. The Labute approximate surface area is 206 Å². The molecule has 2 aliphatic heterocycles. The first-order valence-corrected chi connectivity index (χ1v) is 11.8. The normalized spacial score (nSPS) is 18.7. The molecule has 2 aliphatic rings. The van der Waals surface area contributed by atoms with Gasteiger partial charge in [-0.2, -0.15) is 0 Å². The van der Waals surface area contributed by atoms with Crippen molar-refractivity contribution in [1.29, 1.82) is 0 Å². The molecule has 0 aliphatic carbocycles. The molecule has 0 aromatic heterocycles. The number of carbonyl (C=O) groups is 3. The Kier molecular flexibility index (Phi) is 6.20. The van der Waals surface area contributed by atoms with Crippen LogP contribution in [0.25, 0.3) is 11.6 Å². The Bertz CT molecular complexity index is 1280. The zero-order chi connectivity index (χ0) is 24.8. The van der Waals surface area contributed by atoms with Gasteiger partial charge in [-0.25, -0.2) is 14.1 Å². The van der Waals surface area contributed by atoms with E-state index in [1.807, 2.05) is 6.92 Å². The number of halogens is 2. The molecule has 1 N–H and O–H groups in total. The number of allylic oxidation sites excluding steroid dienone is 1. The minimum atomic E-state index is -0.862. The molecule has 0 atom stereocenters. The monoisotopic (exact) mass is 525 g/mol. The average molecular weight is 526 g/mol. The van der Waals surface area contributed by atoms with Crippen molar-refractivity contribution in [3.63, 3.8) is 0 Å². The lowest BCUT2D eigenvalue weighted by molar-refractivity contribution is -0.122. The Balaban J connectivity index is 1.79. The van der Waals surface area contributed by atoms with Gasteiger partial charge in [-0.15, -0.1) is 0 Å². The quantitative estimate of drug-likeness (QED) is 0.412. The van der Waals surface area contributed by atoms with Crippen LogP contribution in [0.5, 0.6) is 0 Å². The molecule has 2 heterocycles. The fraction of sp³-hybridized carbons (Fsp3) is 0.269. The number of urea groups is 1. The largest absolute Gasteiger partial charge is 0.362 e. The van der Waals surface area contributed by atoms with Gasteiger partial charge in [0.25, 0.3) is 11.8 Å². The molecule has 4 rings (SSSR count). The third-order valence-corrected chi connectivity index (χ3v) is 6.50. The van der Waals surface area contributed by atoms with Crippen LogP contribution < -0.4 is 15.1 Å². The number of benzene rings is 2. The van der Waals surface area contributed by atoms with Crippen molar-refractivity contribution in [3.05, 3.63) is 69.5 Å². The van der Waals surface area contributed by atoms with E-state index in [2.05, 4.69) is 53.0 Å². The molecule has 6 nitrogen and oxygen atoms in total. The van der Waals surface area contributed by atoms with Gasteiger partial charge in [0.2, 0.25) is 0 Å². The molecule has 2 aromatic carbocycles. The van der Waals surface area contributed by atoms with Gasteiger partial charge < -0.3 is 4.90 Å². The molecule has 8 heteroatoms. The summed E-state index contributed by atoms with van der Waals surface area (Å²) in [6, 6.07) is 8.84. The van der Waals surface area contributed by atoms with Gasteiger partial charge in [-0.1, -0.05) is 35.0 Å². The van der Waals surface area contributed by atoms with E-state index in [9.17, 15) is 14.4 Å². The highest BCUT2D eigenvalue weighted by atomic mass is 79.9. The molecule has 4 amide bonds. The van der Waals surface area contributed by atoms with E-state index < -0.39 is 23.7 Å². The lowest BCUT2D eigenvalue weighted by Crippen LogP contribution is -2.54. The third-order valence-electron chi connectivity index (χ3n) is 6.01. The van der Waals surface area contributed by atoms with Gasteiger partial charge in [0, 0.05) is 27.8 Å². The molecule has 34 heavy (non-hydrogen) atoms. The van der Waals surface area contributed by atoms with Crippen molar-refractivity contribution in [2.45, 2.75) is 39.7 Å². The summed E-state index contributed by atoms with van der Waals surface area (Å²) in [5, 5.41) is 2.17. The first kappa shape index (κ1) is 23.9. The Morgan fingerprint density at radius 3 is 2.56 bits per heavy atom. The molecule has 0 unspecified atom stereocenters. The number of amides is 4. The summed E-state index contributed by atoms with van der Waals surface area (Å²) in [6.45, 7) is 8.96. The number of carbonyl (C=O) groups excluding carboxylic acids is 3. The van der Waals surface area contributed by atoms with Crippen LogP contribution in [0, 0.1) is 5.82 Å². The summed E-state index contributed by atoms with van der Waals surface area (Å²) in [7, 11) is 0. The minimum absolute atomic E-state index is 0.102. The van der Waals surface area contributed by atoms with E-state index in [-0.39, 0.29) is 22.4 Å². The number of hydrogen-bond donors (Lipinski definition) is 1. The van der Waals surface area contributed by atoms with Crippen molar-refractivity contribution >= 4 is 56.8 Å². The van der Waals surface area contributed by atoms with Gasteiger partial charge in [-0.3, -0.25) is 14.9 Å². The molecule has 0 bridgehead atoms. The van der Waals surface area contributed by atoms with E-state index >= 15 is 4.39 Å². The molecule has 0 radical (unpaired) electrons. The van der Waals surface area contributed by atoms with Crippen LogP contribution in [-0.4, -0.2) is 29.9 Å². The number of nitrogens with zero attached hydrogens (tertiary/aromatic N) is 2. The molecular formula is C26H25BrFN3O3. The van der Waals surface area contributed by atoms with E-state index in [1.54, 1.807) is 30.3 Å². The number of rotatable bonds is 4. The Hall–Kier alpha value is -3.26. The number of imide groups is 2. The van der Waals surface area contributed by atoms with Crippen LogP contribution in [0.15, 0.2) is 52.5 Å². The van der Waals surface area contributed by atoms with Crippen LogP contribution in [0.2, 0.25) is 0 Å². The van der Waals surface area contributed by atoms with Crippen LogP contribution in [0.3, 0.4) is 0 Å². The smallest absolute Gasteiger partial charge is 0.335 e. The van der Waals surface area contributed by atoms with Crippen molar-refractivity contribution in [2.75, 3.05) is 16.3 Å². The second-order valence-electron chi connectivity index (χ2n) is 8.96. The average Bonchev–Trinajstić information content (AvgIpc) is 2.74. The number of anilines is 2. The summed E-state index contributed by atoms with van der Waals surface area (Å²) in [4.78, 5) is 41.2. The van der Waals surface area contributed by atoms with Gasteiger partial charge >= 0.3 is 6.03 Å². The fourth-order valence-electron chi connectivity index (χ4n) is 4.52. The van der Waals surface area contributed by atoms with Gasteiger partial charge in [0.05, 0.1) is 11.2 Å². The maximum absolute atomic E-state index is 15.3. The van der Waals surface area contributed by atoms with Crippen LogP contribution in [0.1, 0.15) is 45.2 Å². The Morgan fingerprint density at radius 1 is 1.15 bits per heavy atom. The number of barbiturate groups is 1. The third kappa shape index (κ3) is 4.18. The van der Waals surface area contributed by atoms with Crippen LogP contribution in [-0.2, 0) is 9.59 Å². The molecule has 2 aromatic rings. The standard InChI is InChI=1S/C26H25BrFN3O3/c1-5-9-30-22-13-21(28)16(10-19(22)15(2)14-26(30,3)4)11-20-23(32)29-25(34)31(24(20)33)18-8-6-7-17(27)12-18/h6-8,10-14H,5,9H2,1-4H3,(H,29,32,34)/b20-11-. The van der Waals surface area contributed by atoms with Crippen LogP contribution in [0.4, 0.5) is 20.6 Å². The lowest BCUT2D eigenvalue weighted by Gasteiger charge is -2.43. The van der Waals surface area contributed by atoms with Crippen molar-refractivity contribution in [2.24, 2.45) is 0 Å². The van der Waals surface area contributed by atoms with E-state index in [0.29, 0.717) is 4.47 Å². The highest BCUT2D eigenvalue weighted by Gasteiger charge is 2.37. The van der Waals surface area contributed by atoms with Crippen molar-refractivity contribution in [3.8, 4) is 0 Å². The van der Waals surface area contributed by atoms with Crippen LogP contribution >= 0.6 is 15.9 Å². The van der Waals surface area contributed by atoms with Gasteiger partial charge in [0.15, 0.2) is 0 Å².